The molecule has 0 radical (unpaired) electrons. The van der Waals surface area contributed by atoms with E-state index in [-0.39, 0.29) is 24.3 Å². The number of carbonyl (C=O) groups is 3. The maximum absolute atomic E-state index is 14.5. The molecule has 7 nitrogen and oxygen atoms in total. The Morgan fingerprint density at radius 3 is 2.44 bits per heavy atom. The largest absolute Gasteiger partial charge is 0.396 e. The molecule has 3 saturated heterocycles. The van der Waals surface area contributed by atoms with Crippen LogP contribution in [0, 0.1) is 11.8 Å². The van der Waals surface area contributed by atoms with Gasteiger partial charge in [0.15, 0.2) is 0 Å². The van der Waals surface area contributed by atoms with Crippen LogP contribution in [0.2, 0.25) is 0 Å². The van der Waals surface area contributed by atoms with E-state index in [9.17, 15) is 19.5 Å². The van der Waals surface area contributed by atoms with Gasteiger partial charge in [-0.3, -0.25) is 14.4 Å². The quantitative estimate of drug-likeness (QED) is 0.218. The molecule has 8 heteroatoms. The summed E-state index contributed by atoms with van der Waals surface area (Å²) >= 11 is 1.72. The zero-order valence-electron chi connectivity index (χ0n) is 24.8. The van der Waals surface area contributed by atoms with Crippen LogP contribution in [0.3, 0.4) is 0 Å². The lowest BCUT2D eigenvalue weighted by Gasteiger charge is -2.38. The first-order valence-electron chi connectivity index (χ1n) is 15.3. The number of aliphatic hydroxyl groups excluding tert-OH is 1. The molecule has 2 unspecified atom stereocenters. The first-order valence-corrected chi connectivity index (χ1v) is 16.1. The Kier molecular flexibility index (Phi) is 10.4. The predicted octanol–water partition coefficient (Wildman–Crippen LogP) is 5.05. The number of hydrogen-bond acceptors (Lipinski definition) is 5. The van der Waals surface area contributed by atoms with Crippen LogP contribution in [0.15, 0.2) is 55.6 Å². The summed E-state index contributed by atoms with van der Waals surface area (Å²) in [6.45, 7) is 14.1. The van der Waals surface area contributed by atoms with Gasteiger partial charge < -0.3 is 19.8 Å². The molecular weight excluding hydrogens is 534 g/mol. The number of likely N-dealkylation sites (tertiary alicyclic amines) is 1. The summed E-state index contributed by atoms with van der Waals surface area (Å²) in [5.41, 5.74) is 0.787. The molecule has 1 aromatic rings. The second-order valence-electron chi connectivity index (χ2n) is 11.9. The number of hydrogen-bond donors (Lipinski definition) is 1. The van der Waals surface area contributed by atoms with Crippen molar-refractivity contribution in [3.05, 3.63) is 55.6 Å². The molecule has 41 heavy (non-hydrogen) atoms. The topological polar surface area (TPSA) is 81.2 Å². The summed E-state index contributed by atoms with van der Waals surface area (Å²) in [6.07, 6.45) is 10.2. The van der Waals surface area contributed by atoms with E-state index in [1.165, 1.54) is 0 Å². The van der Waals surface area contributed by atoms with Gasteiger partial charge in [-0.15, -0.1) is 24.9 Å². The SMILES string of the molecule is C=CCN(CCCCC)C(=O)C1N(CCCCCO)C(=O)[C@@H]2[C@@H](C(=O)N(CC=C)c3ccccc3)[C@@]3(C)CCC12S3. The minimum atomic E-state index is -0.638. The summed E-state index contributed by atoms with van der Waals surface area (Å²) in [5.74, 6) is -1.23. The van der Waals surface area contributed by atoms with E-state index in [0.717, 1.165) is 44.2 Å². The van der Waals surface area contributed by atoms with Crippen molar-refractivity contribution in [1.82, 2.24) is 9.80 Å². The number of fused-ring (bicyclic) bond motifs is 1. The van der Waals surface area contributed by atoms with E-state index in [0.29, 0.717) is 39.0 Å². The number of rotatable bonds is 16. The van der Waals surface area contributed by atoms with Crippen molar-refractivity contribution in [2.24, 2.45) is 11.8 Å². The van der Waals surface area contributed by atoms with Gasteiger partial charge in [0.05, 0.1) is 16.6 Å². The van der Waals surface area contributed by atoms with Crippen molar-refractivity contribution in [2.45, 2.75) is 80.7 Å². The van der Waals surface area contributed by atoms with E-state index < -0.39 is 27.4 Å². The minimum Gasteiger partial charge on any atom is -0.396 e. The van der Waals surface area contributed by atoms with Gasteiger partial charge in [-0.05, 0) is 57.6 Å². The van der Waals surface area contributed by atoms with Crippen LogP contribution in [-0.4, -0.2) is 80.9 Å². The Balaban J connectivity index is 1.73. The molecule has 3 aliphatic rings. The van der Waals surface area contributed by atoms with Crippen molar-refractivity contribution in [3.63, 3.8) is 0 Å². The summed E-state index contributed by atoms with van der Waals surface area (Å²) < 4.78 is -1.07. The third-order valence-electron chi connectivity index (χ3n) is 9.17. The van der Waals surface area contributed by atoms with Crippen LogP contribution in [0.25, 0.3) is 0 Å². The standard InChI is InChI=1S/C33H47N3O4S/c1-5-8-13-22-34(20-6-2)31(40)28-33-19-18-32(4,41-33)26(27(33)30(39)36(28)23-14-10-15-24-37)29(38)35(21-7-3)25-16-11-9-12-17-25/h6-7,9,11-12,16-17,26-28,37H,2-3,5,8,10,13-15,18-24H2,1,4H3/t26-,27-,28?,32+,33?/m0/s1. The molecule has 4 rings (SSSR count). The number of nitrogens with zero attached hydrogens (tertiary/aromatic N) is 3. The van der Waals surface area contributed by atoms with Crippen molar-refractivity contribution >= 4 is 35.2 Å². The Labute approximate surface area is 250 Å². The van der Waals surface area contributed by atoms with E-state index >= 15 is 0 Å². The maximum atomic E-state index is 14.5. The minimum absolute atomic E-state index is 0.0186. The molecule has 3 amide bonds. The number of anilines is 1. The predicted molar refractivity (Wildman–Crippen MR) is 167 cm³/mol. The van der Waals surface area contributed by atoms with Crippen LogP contribution < -0.4 is 4.90 Å². The van der Waals surface area contributed by atoms with Gasteiger partial charge >= 0.3 is 0 Å². The van der Waals surface area contributed by atoms with Crippen LogP contribution in [0.5, 0.6) is 0 Å². The lowest BCUT2D eigenvalue weighted by molar-refractivity contribution is -0.143. The van der Waals surface area contributed by atoms with Gasteiger partial charge in [0.1, 0.15) is 6.04 Å². The molecular formula is C33H47N3O4S. The highest BCUT2D eigenvalue weighted by Crippen LogP contribution is 2.71. The Bertz CT molecular complexity index is 1110. The Hall–Kier alpha value is -2.58. The van der Waals surface area contributed by atoms with Crippen molar-refractivity contribution in [3.8, 4) is 0 Å². The molecule has 224 valence electrons. The molecule has 3 heterocycles. The van der Waals surface area contributed by atoms with Crippen LogP contribution >= 0.6 is 11.8 Å². The van der Waals surface area contributed by atoms with E-state index in [1.807, 2.05) is 35.2 Å². The van der Waals surface area contributed by atoms with Crippen LogP contribution in [0.4, 0.5) is 5.69 Å². The number of unbranched alkanes of at least 4 members (excludes halogenated alkanes) is 4. The number of benzene rings is 1. The molecule has 1 N–H and O–H groups in total. The normalized spacial score (nSPS) is 28.0. The smallest absolute Gasteiger partial charge is 0.247 e. The molecule has 3 fully saturated rings. The summed E-state index contributed by atoms with van der Waals surface area (Å²) in [5, 5.41) is 9.31. The van der Waals surface area contributed by atoms with Crippen LogP contribution in [0.1, 0.15) is 65.2 Å². The van der Waals surface area contributed by atoms with Crippen molar-refractivity contribution < 1.29 is 19.5 Å². The average molecular weight is 582 g/mol. The van der Waals surface area contributed by atoms with Gasteiger partial charge in [0, 0.05) is 43.2 Å². The average Bonchev–Trinajstić information content (AvgIpc) is 3.54. The highest BCUT2D eigenvalue weighted by atomic mass is 32.2. The Morgan fingerprint density at radius 1 is 1.05 bits per heavy atom. The second-order valence-corrected chi connectivity index (χ2v) is 13.8. The maximum Gasteiger partial charge on any atom is 0.247 e. The zero-order chi connectivity index (χ0) is 29.6. The summed E-state index contributed by atoms with van der Waals surface area (Å²) in [4.78, 5) is 48.8. The lowest BCUT2D eigenvalue weighted by atomic mass is 9.66. The molecule has 1 aromatic carbocycles. The molecule has 2 bridgehead atoms. The number of thioether (sulfide) groups is 1. The zero-order valence-corrected chi connectivity index (χ0v) is 25.6. The van der Waals surface area contributed by atoms with Gasteiger partial charge in [-0.2, -0.15) is 0 Å². The Morgan fingerprint density at radius 2 is 1.78 bits per heavy atom. The lowest BCUT2D eigenvalue weighted by Crippen LogP contribution is -2.55. The third kappa shape index (κ3) is 5.87. The molecule has 3 aliphatic heterocycles. The highest BCUT2D eigenvalue weighted by molar-refractivity contribution is 8.02. The highest BCUT2D eigenvalue weighted by Gasteiger charge is 2.77. The molecule has 0 aliphatic carbocycles. The number of carbonyl (C=O) groups excluding carboxylic acids is 3. The number of aliphatic hydroxyl groups is 1. The van der Waals surface area contributed by atoms with Gasteiger partial charge in [0.2, 0.25) is 17.7 Å². The van der Waals surface area contributed by atoms with Crippen molar-refractivity contribution in [2.75, 3.05) is 37.7 Å². The number of amides is 3. The summed E-state index contributed by atoms with van der Waals surface area (Å²) in [7, 11) is 0. The van der Waals surface area contributed by atoms with E-state index in [4.69, 9.17) is 0 Å². The molecule has 1 spiro atoms. The van der Waals surface area contributed by atoms with E-state index in [2.05, 4.69) is 27.0 Å². The molecule has 5 atom stereocenters. The van der Waals surface area contributed by atoms with Gasteiger partial charge in [-0.1, -0.05) is 50.1 Å². The second kappa shape index (κ2) is 13.6. The number of para-hydroxylation sites is 1. The third-order valence-corrected chi connectivity index (χ3v) is 11.2. The molecule has 0 saturated carbocycles. The first kappa shape index (κ1) is 31.4. The van der Waals surface area contributed by atoms with Crippen molar-refractivity contribution in [1.29, 1.82) is 0 Å². The first-order chi connectivity index (χ1) is 19.8. The van der Waals surface area contributed by atoms with E-state index in [1.54, 1.807) is 33.7 Å². The fourth-order valence-electron chi connectivity index (χ4n) is 7.29. The van der Waals surface area contributed by atoms with Gasteiger partial charge in [-0.25, -0.2) is 0 Å². The van der Waals surface area contributed by atoms with Crippen LogP contribution in [-0.2, 0) is 14.4 Å². The fourth-order valence-corrected chi connectivity index (χ4v) is 9.64. The van der Waals surface area contributed by atoms with Gasteiger partial charge in [0.25, 0.3) is 0 Å². The summed E-state index contributed by atoms with van der Waals surface area (Å²) in [6, 6.07) is 8.97. The monoisotopic (exact) mass is 581 g/mol. The molecule has 0 aromatic heterocycles. The fraction of sp³-hybridized carbons (Fsp3) is 0.606.